The summed E-state index contributed by atoms with van der Waals surface area (Å²) < 4.78 is 10.3. The molecule has 0 radical (unpaired) electrons. The maximum atomic E-state index is 12.1. The molecule has 0 aromatic heterocycles. The van der Waals surface area contributed by atoms with Crippen LogP contribution in [0.2, 0.25) is 5.02 Å². The lowest BCUT2D eigenvalue weighted by atomic mass is 10.00. The number of hydrogen-bond acceptors (Lipinski definition) is 4. The zero-order valence-corrected chi connectivity index (χ0v) is 16.1. The van der Waals surface area contributed by atoms with Crippen molar-refractivity contribution < 1.29 is 19.1 Å². The predicted octanol–water partition coefficient (Wildman–Crippen LogP) is 4.29. The molecular weight excluding hydrogens is 378 g/mol. The molecule has 6 heteroatoms. The van der Waals surface area contributed by atoms with E-state index in [4.69, 9.17) is 21.1 Å². The van der Waals surface area contributed by atoms with E-state index in [9.17, 15) is 9.59 Å². The number of halogens is 1. The standard InChI is InChI=1S/C22H20ClNO4/c1-15(17-10-6-8-16-7-2-3-9-18(16)17)24-21(25)13-28-22(26)14-27-20-12-5-4-11-19(20)23/h2-12,15H,13-14H2,1H3,(H,24,25)/t15-/m0/s1. The van der Waals surface area contributed by atoms with Gasteiger partial charge in [-0.3, -0.25) is 4.79 Å². The van der Waals surface area contributed by atoms with Gasteiger partial charge in [0.05, 0.1) is 11.1 Å². The van der Waals surface area contributed by atoms with Gasteiger partial charge in [-0.2, -0.15) is 0 Å². The number of carbonyl (C=O) groups is 2. The van der Waals surface area contributed by atoms with Crippen LogP contribution in [0.4, 0.5) is 0 Å². The molecule has 3 aromatic carbocycles. The van der Waals surface area contributed by atoms with Gasteiger partial charge < -0.3 is 14.8 Å². The highest BCUT2D eigenvalue weighted by Crippen LogP contribution is 2.24. The quantitative estimate of drug-likeness (QED) is 0.604. The summed E-state index contributed by atoms with van der Waals surface area (Å²) in [6.45, 7) is 1.19. The molecule has 0 fully saturated rings. The Kier molecular flexibility index (Phi) is 6.50. The lowest BCUT2D eigenvalue weighted by Crippen LogP contribution is -2.32. The van der Waals surface area contributed by atoms with Crippen LogP contribution in [0.1, 0.15) is 18.5 Å². The topological polar surface area (TPSA) is 64.6 Å². The Bertz CT molecular complexity index is 984. The number of ether oxygens (including phenoxy) is 2. The number of para-hydroxylation sites is 1. The van der Waals surface area contributed by atoms with Crippen molar-refractivity contribution >= 4 is 34.2 Å². The van der Waals surface area contributed by atoms with Gasteiger partial charge in [-0.15, -0.1) is 0 Å². The van der Waals surface area contributed by atoms with Crippen LogP contribution in [0.5, 0.6) is 5.75 Å². The van der Waals surface area contributed by atoms with E-state index in [0.717, 1.165) is 16.3 Å². The fourth-order valence-electron chi connectivity index (χ4n) is 2.88. The fraction of sp³-hybridized carbons (Fsp3) is 0.182. The maximum absolute atomic E-state index is 12.1. The third-order valence-corrected chi connectivity index (χ3v) is 4.53. The molecule has 0 spiro atoms. The van der Waals surface area contributed by atoms with Gasteiger partial charge in [-0.25, -0.2) is 4.79 Å². The van der Waals surface area contributed by atoms with Crippen LogP contribution in [0.25, 0.3) is 10.8 Å². The Morgan fingerprint density at radius 3 is 2.50 bits per heavy atom. The zero-order valence-electron chi connectivity index (χ0n) is 15.4. The van der Waals surface area contributed by atoms with Crippen LogP contribution < -0.4 is 10.1 Å². The molecule has 3 rings (SSSR count). The number of fused-ring (bicyclic) bond motifs is 1. The third-order valence-electron chi connectivity index (χ3n) is 4.21. The summed E-state index contributed by atoms with van der Waals surface area (Å²) in [4.78, 5) is 23.9. The van der Waals surface area contributed by atoms with Gasteiger partial charge in [0.1, 0.15) is 5.75 Å². The van der Waals surface area contributed by atoms with E-state index in [1.54, 1.807) is 24.3 Å². The summed E-state index contributed by atoms with van der Waals surface area (Å²) in [5.74, 6) is -0.644. The van der Waals surface area contributed by atoms with E-state index in [-0.39, 0.29) is 25.2 Å². The van der Waals surface area contributed by atoms with Crippen molar-refractivity contribution in [2.24, 2.45) is 0 Å². The molecule has 144 valence electrons. The van der Waals surface area contributed by atoms with Crippen LogP contribution in [0.3, 0.4) is 0 Å². The molecule has 1 N–H and O–H groups in total. The number of hydrogen-bond donors (Lipinski definition) is 1. The minimum atomic E-state index is -0.645. The molecule has 0 aliphatic heterocycles. The Morgan fingerprint density at radius 1 is 0.964 bits per heavy atom. The largest absolute Gasteiger partial charge is 0.480 e. The summed E-state index contributed by atoms with van der Waals surface area (Å²) in [7, 11) is 0. The maximum Gasteiger partial charge on any atom is 0.344 e. The summed E-state index contributed by atoms with van der Waals surface area (Å²) in [6.07, 6.45) is 0. The minimum Gasteiger partial charge on any atom is -0.480 e. The second kappa shape index (κ2) is 9.24. The van der Waals surface area contributed by atoms with Gasteiger partial charge in [-0.1, -0.05) is 66.2 Å². The highest BCUT2D eigenvalue weighted by molar-refractivity contribution is 6.32. The van der Waals surface area contributed by atoms with Gasteiger partial charge in [-0.05, 0) is 35.4 Å². The smallest absolute Gasteiger partial charge is 0.344 e. The van der Waals surface area contributed by atoms with Gasteiger partial charge in [0.2, 0.25) is 0 Å². The number of benzene rings is 3. The van der Waals surface area contributed by atoms with Crippen molar-refractivity contribution in [3.63, 3.8) is 0 Å². The van der Waals surface area contributed by atoms with Gasteiger partial charge in [0.25, 0.3) is 5.91 Å². The van der Waals surface area contributed by atoms with Crippen molar-refractivity contribution in [2.75, 3.05) is 13.2 Å². The Morgan fingerprint density at radius 2 is 1.68 bits per heavy atom. The summed E-state index contributed by atoms with van der Waals surface area (Å²) >= 11 is 5.95. The lowest BCUT2D eigenvalue weighted by Gasteiger charge is -2.16. The first-order valence-corrected chi connectivity index (χ1v) is 9.22. The van der Waals surface area contributed by atoms with E-state index in [2.05, 4.69) is 5.32 Å². The highest BCUT2D eigenvalue weighted by Gasteiger charge is 2.14. The molecular formula is C22H20ClNO4. The second-order valence-corrected chi connectivity index (χ2v) is 6.64. The monoisotopic (exact) mass is 397 g/mol. The molecule has 0 heterocycles. The number of nitrogens with one attached hydrogen (secondary N) is 1. The highest BCUT2D eigenvalue weighted by atomic mass is 35.5. The molecule has 28 heavy (non-hydrogen) atoms. The number of esters is 1. The normalized spacial score (nSPS) is 11.6. The molecule has 0 saturated carbocycles. The molecule has 1 amide bonds. The average Bonchev–Trinajstić information content (AvgIpc) is 2.71. The van der Waals surface area contributed by atoms with Crippen molar-refractivity contribution in [1.82, 2.24) is 5.32 Å². The van der Waals surface area contributed by atoms with Crippen LogP contribution >= 0.6 is 11.6 Å². The van der Waals surface area contributed by atoms with Crippen LogP contribution in [-0.2, 0) is 14.3 Å². The van der Waals surface area contributed by atoms with Crippen molar-refractivity contribution in [2.45, 2.75) is 13.0 Å². The van der Waals surface area contributed by atoms with Crippen molar-refractivity contribution in [1.29, 1.82) is 0 Å². The molecule has 0 bridgehead atoms. The average molecular weight is 398 g/mol. The predicted molar refractivity (Wildman–Crippen MR) is 108 cm³/mol. The van der Waals surface area contributed by atoms with Gasteiger partial charge in [0, 0.05) is 0 Å². The number of amides is 1. The van der Waals surface area contributed by atoms with E-state index in [0.29, 0.717) is 10.8 Å². The van der Waals surface area contributed by atoms with E-state index >= 15 is 0 Å². The minimum absolute atomic E-state index is 0.225. The molecule has 0 aliphatic carbocycles. The summed E-state index contributed by atoms with van der Waals surface area (Å²) in [5, 5.41) is 5.42. The van der Waals surface area contributed by atoms with Gasteiger partial charge in [0.15, 0.2) is 13.2 Å². The Hall–Kier alpha value is -3.05. The molecule has 0 saturated heterocycles. The van der Waals surface area contributed by atoms with E-state index < -0.39 is 5.97 Å². The van der Waals surface area contributed by atoms with Crippen LogP contribution in [0, 0.1) is 0 Å². The molecule has 0 unspecified atom stereocenters. The van der Waals surface area contributed by atoms with E-state index in [1.165, 1.54) is 0 Å². The van der Waals surface area contributed by atoms with Crippen LogP contribution in [-0.4, -0.2) is 25.1 Å². The molecule has 3 aromatic rings. The number of carbonyl (C=O) groups excluding carboxylic acids is 2. The van der Waals surface area contributed by atoms with Crippen LogP contribution in [0.15, 0.2) is 66.7 Å². The number of rotatable bonds is 7. The Labute approximate surface area is 168 Å². The Balaban J connectivity index is 1.49. The first-order chi connectivity index (χ1) is 13.5. The SMILES string of the molecule is C[C@H](NC(=O)COC(=O)COc1ccccc1Cl)c1cccc2ccccc12. The van der Waals surface area contributed by atoms with E-state index in [1.807, 2.05) is 49.4 Å². The van der Waals surface area contributed by atoms with Crippen molar-refractivity contribution in [3.05, 3.63) is 77.3 Å². The first-order valence-electron chi connectivity index (χ1n) is 8.84. The summed E-state index contributed by atoms with van der Waals surface area (Å²) in [5.41, 5.74) is 1.000. The fourth-order valence-corrected chi connectivity index (χ4v) is 3.07. The molecule has 0 aliphatic rings. The third kappa shape index (κ3) is 5.02. The molecule has 5 nitrogen and oxygen atoms in total. The first kappa shape index (κ1) is 19.7. The lowest BCUT2D eigenvalue weighted by molar-refractivity contribution is -0.150. The summed E-state index contributed by atoms with van der Waals surface area (Å²) in [6, 6.07) is 20.5. The van der Waals surface area contributed by atoms with Gasteiger partial charge >= 0.3 is 5.97 Å². The van der Waals surface area contributed by atoms with Crippen molar-refractivity contribution in [3.8, 4) is 5.75 Å². The molecule has 1 atom stereocenters. The zero-order chi connectivity index (χ0) is 19.9. The second-order valence-electron chi connectivity index (χ2n) is 6.24.